The molecule has 14 heavy (non-hydrogen) atoms. The van der Waals surface area contributed by atoms with E-state index in [1.165, 1.54) is 0 Å². The summed E-state index contributed by atoms with van der Waals surface area (Å²) in [6.07, 6.45) is 1.36. The molecule has 5 heteroatoms. The summed E-state index contributed by atoms with van der Waals surface area (Å²) in [5.74, 6) is 0. The maximum atomic E-state index is 5.43. The van der Waals surface area contributed by atoms with E-state index >= 15 is 0 Å². The first-order chi connectivity index (χ1) is 6.70. The smallest absolute Gasteiger partial charge is 0.334 e. The second kappa shape index (κ2) is 5.82. The van der Waals surface area contributed by atoms with Crippen molar-refractivity contribution in [3.8, 4) is 0 Å². The van der Waals surface area contributed by atoms with Crippen LogP contribution >= 0.6 is 0 Å². The van der Waals surface area contributed by atoms with Crippen molar-refractivity contribution in [2.75, 3.05) is 34.0 Å². The molecule has 1 saturated heterocycles. The molecule has 1 fully saturated rings. The highest BCUT2D eigenvalue weighted by Gasteiger charge is 2.28. The lowest BCUT2D eigenvalue weighted by molar-refractivity contribution is 0.114. The summed E-state index contributed by atoms with van der Waals surface area (Å²) in [6, 6.07) is 0.978. The molecule has 0 saturated carbocycles. The van der Waals surface area contributed by atoms with E-state index in [1.54, 1.807) is 14.2 Å². The van der Waals surface area contributed by atoms with Crippen molar-refractivity contribution >= 4 is 8.56 Å². The van der Waals surface area contributed by atoms with Crippen LogP contribution in [-0.2, 0) is 18.3 Å². The molecule has 0 aromatic rings. The summed E-state index contributed by atoms with van der Waals surface area (Å²) in [5, 5.41) is 0. The zero-order valence-corrected chi connectivity index (χ0v) is 10.2. The lowest BCUT2D eigenvalue weighted by atomic mass is 10.5. The van der Waals surface area contributed by atoms with Gasteiger partial charge in [0.25, 0.3) is 0 Å². The minimum atomic E-state index is -1.87. The molecule has 1 atom stereocenters. The Morgan fingerprint density at radius 2 is 2.00 bits per heavy atom. The molecule has 1 rings (SSSR count). The van der Waals surface area contributed by atoms with Crippen LogP contribution in [0.15, 0.2) is 0 Å². The first-order valence-electron chi connectivity index (χ1n) is 5.00. The lowest BCUT2D eigenvalue weighted by Crippen LogP contribution is -2.36. The van der Waals surface area contributed by atoms with Crippen molar-refractivity contribution in [1.29, 1.82) is 0 Å². The van der Waals surface area contributed by atoms with Crippen LogP contribution in [0.4, 0.5) is 0 Å². The van der Waals surface area contributed by atoms with Crippen molar-refractivity contribution in [3.63, 3.8) is 0 Å². The summed E-state index contributed by atoms with van der Waals surface area (Å²) in [4.78, 5) is 0. The Bertz CT molecular complexity index is 157. The fourth-order valence-electron chi connectivity index (χ4n) is 1.16. The third-order valence-corrected chi connectivity index (χ3v) is 5.48. The molecule has 0 unspecified atom stereocenters. The van der Waals surface area contributed by atoms with Gasteiger partial charge in [0.15, 0.2) is 0 Å². The predicted octanol–water partition coefficient (Wildman–Crippen LogP) is 1.16. The van der Waals surface area contributed by atoms with Crippen molar-refractivity contribution in [2.24, 2.45) is 0 Å². The fraction of sp³-hybridized carbons (Fsp3) is 1.00. The number of rotatable bonds is 8. The molecule has 0 aromatic heterocycles. The molecule has 0 aliphatic carbocycles. The van der Waals surface area contributed by atoms with Gasteiger partial charge < -0.3 is 18.3 Å². The van der Waals surface area contributed by atoms with Gasteiger partial charge in [-0.25, -0.2) is 0 Å². The molecule has 0 amide bonds. The van der Waals surface area contributed by atoms with Gasteiger partial charge in [-0.3, -0.25) is 0 Å². The first-order valence-corrected chi connectivity index (χ1v) is 7.52. The van der Waals surface area contributed by atoms with Gasteiger partial charge in [-0.05, 0) is 19.0 Å². The van der Waals surface area contributed by atoms with E-state index in [4.69, 9.17) is 18.3 Å². The minimum absolute atomic E-state index is 0.364. The molecule has 0 bridgehead atoms. The Morgan fingerprint density at radius 1 is 1.36 bits per heavy atom. The summed E-state index contributed by atoms with van der Waals surface area (Å²) in [7, 11) is 1.56. The molecule has 0 radical (unpaired) electrons. The SMILES string of the molecule is CO[Si](C)(CCCOC[C@H]1CO1)OC. The summed E-state index contributed by atoms with van der Waals surface area (Å²) in [5.41, 5.74) is 0. The molecular weight excluding hydrogens is 200 g/mol. The molecule has 84 valence electrons. The molecule has 4 nitrogen and oxygen atoms in total. The largest absolute Gasteiger partial charge is 0.398 e. The summed E-state index contributed by atoms with van der Waals surface area (Å²) in [6.45, 7) is 4.44. The van der Waals surface area contributed by atoms with E-state index in [-0.39, 0.29) is 0 Å². The van der Waals surface area contributed by atoms with E-state index in [9.17, 15) is 0 Å². The molecule has 1 aliphatic rings. The fourth-order valence-corrected chi connectivity index (χ4v) is 2.52. The van der Waals surface area contributed by atoms with Gasteiger partial charge >= 0.3 is 8.56 Å². The normalized spacial score (nSPS) is 21.2. The van der Waals surface area contributed by atoms with Crippen LogP contribution in [0.5, 0.6) is 0 Å². The summed E-state index contributed by atoms with van der Waals surface area (Å²) >= 11 is 0. The number of ether oxygens (including phenoxy) is 2. The van der Waals surface area contributed by atoms with E-state index in [0.29, 0.717) is 6.10 Å². The molecule has 0 aromatic carbocycles. The van der Waals surface area contributed by atoms with Crippen LogP contribution in [0.25, 0.3) is 0 Å². The van der Waals surface area contributed by atoms with Crippen molar-refractivity contribution < 1.29 is 18.3 Å². The van der Waals surface area contributed by atoms with Gasteiger partial charge in [0.05, 0.1) is 13.2 Å². The molecule has 1 heterocycles. The molecule has 0 spiro atoms. The second-order valence-corrected chi connectivity index (χ2v) is 7.26. The molecular formula is C9H20O4Si. The van der Waals surface area contributed by atoms with Gasteiger partial charge in [-0.15, -0.1) is 0 Å². The average Bonchev–Trinajstić information content (AvgIpc) is 3.01. The van der Waals surface area contributed by atoms with Crippen LogP contribution in [0.2, 0.25) is 12.6 Å². The topological polar surface area (TPSA) is 40.2 Å². The third-order valence-electron chi connectivity index (χ3n) is 2.49. The van der Waals surface area contributed by atoms with Crippen LogP contribution in [0.3, 0.4) is 0 Å². The number of hydrogen-bond acceptors (Lipinski definition) is 4. The monoisotopic (exact) mass is 220 g/mol. The maximum Gasteiger partial charge on any atom is 0.334 e. The van der Waals surface area contributed by atoms with Crippen LogP contribution in [0, 0.1) is 0 Å². The van der Waals surface area contributed by atoms with Gasteiger partial charge in [-0.1, -0.05) is 0 Å². The van der Waals surface area contributed by atoms with E-state index < -0.39 is 8.56 Å². The minimum Gasteiger partial charge on any atom is -0.398 e. The lowest BCUT2D eigenvalue weighted by Gasteiger charge is -2.22. The Labute approximate surface area is 86.7 Å². The van der Waals surface area contributed by atoms with Crippen LogP contribution in [-0.4, -0.2) is 48.7 Å². The Balaban J connectivity index is 1.95. The molecule has 1 aliphatic heterocycles. The van der Waals surface area contributed by atoms with Crippen molar-refractivity contribution in [3.05, 3.63) is 0 Å². The van der Waals surface area contributed by atoms with E-state index in [1.807, 2.05) is 0 Å². The van der Waals surface area contributed by atoms with Gasteiger partial charge in [0, 0.05) is 20.8 Å². The Kier molecular flexibility index (Phi) is 5.04. The van der Waals surface area contributed by atoms with Gasteiger partial charge in [0.2, 0.25) is 0 Å². The highest BCUT2D eigenvalue weighted by Crippen LogP contribution is 2.14. The second-order valence-electron chi connectivity index (χ2n) is 3.68. The highest BCUT2D eigenvalue weighted by atomic mass is 28.4. The summed E-state index contributed by atoms with van der Waals surface area (Å²) < 4.78 is 21.2. The zero-order chi connectivity index (χ0) is 10.4. The predicted molar refractivity (Wildman–Crippen MR) is 55.6 cm³/mol. The highest BCUT2D eigenvalue weighted by molar-refractivity contribution is 6.65. The van der Waals surface area contributed by atoms with Crippen molar-refractivity contribution in [2.45, 2.75) is 25.1 Å². The first kappa shape index (κ1) is 12.1. The van der Waals surface area contributed by atoms with E-state index in [0.717, 1.165) is 32.3 Å². The molecule has 0 N–H and O–H groups in total. The third kappa shape index (κ3) is 4.52. The van der Waals surface area contributed by atoms with Crippen LogP contribution in [0.1, 0.15) is 6.42 Å². The Hall–Kier alpha value is 0.0569. The van der Waals surface area contributed by atoms with E-state index in [2.05, 4.69) is 6.55 Å². The quantitative estimate of drug-likeness (QED) is 0.349. The number of hydrogen-bond donors (Lipinski definition) is 0. The van der Waals surface area contributed by atoms with Crippen molar-refractivity contribution in [1.82, 2.24) is 0 Å². The van der Waals surface area contributed by atoms with Crippen LogP contribution < -0.4 is 0 Å². The van der Waals surface area contributed by atoms with Gasteiger partial charge in [-0.2, -0.15) is 0 Å². The zero-order valence-electron chi connectivity index (χ0n) is 9.25. The maximum absolute atomic E-state index is 5.43. The Morgan fingerprint density at radius 3 is 2.50 bits per heavy atom. The average molecular weight is 220 g/mol. The van der Waals surface area contributed by atoms with Gasteiger partial charge in [0.1, 0.15) is 6.10 Å². The number of epoxide rings is 1. The standard InChI is InChI=1S/C9H20O4Si/c1-10-14(3,11-2)6-4-5-12-7-9-8-13-9/h9H,4-8H2,1-3H3/t9-/m0/s1.